The molecule has 118 valence electrons. The summed E-state index contributed by atoms with van der Waals surface area (Å²) >= 11 is 0. The summed E-state index contributed by atoms with van der Waals surface area (Å²) in [6, 6.07) is 1.92. The van der Waals surface area contributed by atoms with Gasteiger partial charge in [-0.15, -0.1) is 0 Å². The Morgan fingerprint density at radius 2 is 2.18 bits per heavy atom. The van der Waals surface area contributed by atoms with Gasteiger partial charge in [0.1, 0.15) is 17.4 Å². The van der Waals surface area contributed by atoms with Gasteiger partial charge in [0.15, 0.2) is 0 Å². The highest BCUT2D eigenvalue weighted by Crippen LogP contribution is 2.26. The zero-order valence-corrected chi connectivity index (χ0v) is 13.1. The molecule has 0 radical (unpaired) electrons. The minimum absolute atomic E-state index is 0.108. The summed E-state index contributed by atoms with van der Waals surface area (Å²) in [6.45, 7) is 3.18. The van der Waals surface area contributed by atoms with E-state index in [4.69, 9.17) is 4.52 Å². The standard InChI is InChI=1S/C15H21N5O2/c1-10-4-12(22-18-10)5-11-8-20(9-13(11)21)15-7-16-6-14(17-15)19(2)3/h4,6-7,11,13,21H,5,8-9H2,1-3H3/t11-,13-/m1/s1. The van der Waals surface area contributed by atoms with Crippen molar-refractivity contribution in [1.82, 2.24) is 15.1 Å². The highest BCUT2D eigenvalue weighted by Gasteiger charge is 2.33. The molecule has 0 amide bonds. The smallest absolute Gasteiger partial charge is 0.149 e. The minimum Gasteiger partial charge on any atom is -0.391 e. The molecule has 0 unspecified atom stereocenters. The van der Waals surface area contributed by atoms with Crippen molar-refractivity contribution in [2.75, 3.05) is 37.0 Å². The first-order chi connectivity index (χ1) is 10.5. The molecule has 0 bridgehead atoms. The van der Waals surface area contributed by atoms with E-state index in [0.29, 0.717) is 13.0 Å². The SMILES string of the molecule is Cc1cc(C[C@@H]2CN(c3cncc(N(C)C)n3)C[C@H]2O)on1. The summed E-state index contributed by atoms with van der Waals surface area (Å²) in [6.07, 6.45) is 3.74. The van der Waals surface area contributed by atoms with Gasteiger partial charge in [-0.25, -0.2) is 4.98 Å². The molecule has 2 aromatic rings. The van der Waals surface area contributed by atoms with Gasteiger partial charge in [-0.3, -0.25) is 4.98 Å². The topological polar surface area (TPSA) is 78.5 Å². The van der Waals surface area contributed by atoms with Crippen molar-refractivity contribution in [3.05, 3.63) is 29.9 Å². The van der Waals surface area contributed by atoms with E-state index in [1.165, 1.54) is 0 Å². The first-order valence-corrected chi connectivity index (χ1v) is 7.37. The molecule has 0 saturated carbocycles. The van der Waals surface area contributed by atoms with E-state index >= 15 is 0 Å². The lowest BCUT2D eigenvalue weighted by molar-refractivity contribution is 0.143. The van der Waals surface area contributed by atoms with E-state index in [0.717, 1.165) is 29.6 Å². The van der Waals surface area contributed by atoms with Crippen molar-refractivity contribution >= 4 is 11.6 Å². The van der Waals surface area contributed by atoms with Crippen LogP contribution in [0.3, 0.4) is 0 Å². The molecule has 1 aliphatic rings. The quantitative estimate of drug-likeness (QED) is 0.898. The van der Waals surface area contributed by atoms with E-state index in [-0.39, 0.29) is 5.92 Å². The third-order valence-corrected chi connectivity index (χ3v) is 3.94. The summed E-state index contributed by atoms with van der Waals surface area (Å²) in [5, 5.41) is 14.2. The van der Waals surface area contributed by atoms with Crippen LogP contribution in [0.1, 0.15) is 11.5 Å². The first kappa shape index (κ1) is 14.8. The van der Waals surface area contributed by atoms with Crippen LogP contribution < -0.4 is 9.80 Å². The van der Waals surface area contributed by atoms with Crippen LogP contribution in [0.5, 0.6) is 0 Å². The molecule has 0 spiro atoms. The number of rotatable bonds is 4. The number of aliphatic hydroxyl groups excluding tert-OH is 1. The van der Waals surface area contributed by atoms with Gasteiger partial charge in [-0.1, -0.05) is 5.16 Å². The summed E-state index contributed by atoms with van der Waals surface area (Å²) < 4.78 is 5.25. The highest BCUT2D eigenvalue weighted by molar-refractivity contribution is 5.45. The number of β-amino-alcohol motifs (C(OH)–C–C–N with tert-alkyl or cyclic N) is 1. The predicted octanol–water partition coefficient (Wildman–Crippen LogP) is 0.879. The molecule has 3 rings (SSSR count). The minimum atomic E-state index is -0.407. The highest BCUT2D eigenvalue weighted by atomic mass is 16.5. The van der Waals surface area contributed by atoms with Crippen LogP contribution in [0.4, 0.5) is 11.6 Å². The molecule has 0 aromatic carbocycles. The second-order valence-electron chi connectivity index (χ2n) is 6.00. The van der Waals surface area contributed by atoms with Crippen molar-refractivity contribution in [3.8, 4) is 0 Å². The van der Waals surface area contributed by atoms with E-state index in [1.54, 1.807) is 12.4 Å². The lowest BCUT2D eigenvalue weighted by Gasteiger charge is -2.19. The van der Waals surface area contributed by atoms with Gasteiger partial charge in [-0.2, -0.15) is 0 Å². The van der Waals surface area contributed by atoms with E-state index in [1.807, 2.05) is 32.0 Å². The summed E-state index contributed by atoms with van der Waals surface area (Å²) in [4.78, 5) is 12.8. The molecule has 1 aliphatic heterocycles. The Kier molecular flexibility index (Phi) is 3.98. The van der Waals surface area contributed by atoms with Gasteiger partial charge in [0, 0.05) is 45.6 Å². The normalized spacial score (nSPS) is 21.4. The lowest BCUT2D eigenvalue weighted by Crippen LogP contribution is -2.23. The second kappa shape index (κ2) is 5.92. The van der Waals surface area contributed by atoms with Crippen molar-refractivity contribution in [1.29, 1.82) is 0 Å². The molecule has 1 N–H and O–H groups in total. The number of aromatic nitrogens is 3. The average molecular weight is 303 g/mol. The fourth-order valence-electron chi connectivity index (χ4n) is 2.73. The predicted molar refractivity (Wildman–Crippen MR) is 83.0 cm³/mol. The Morgan fingerprint density at radius 1 is 1.36 bits per heavy atom. The van der Waals surface area contributed by atoms with Gasteiger partial charge in [0.05, 0.1) is 24.2 Å². The number of nitrogens with zero attached hydrogens (tertiary/aromatic N) is 5. The molecular formula is C15H21N5O2. The van der Waals surface area contributed by atoms with Gasteiger partial charge in [0.25, 0.3) is 0 Å². The van der Waals surface area contributed by atoms with Gasteiger partial charge in [-0.05, 0) is 6.92 Å². The van der Waals surface area contributed by atoms with Gasteiger partial charge >= 0.3 is 0 Å². The molecule has 2 atom stereocenters. The monoisotopic (exact) mass is 303 g/mol. The Hall–Kier alpha value is -2.15. The molecule has 22 heavy (non-hydrogen) atoms. The largest absolute Gasteiger partial charge is 0.391 e. The third kappa shape index (κ3) is 3.04. The van der Waals surface area contributed by atoms with Crippen LogP contribution in [-0.2, 0) is 6.42 Å². The molecule has 7 heteroatoms. The number of anilines is 2. The summed E-state index contributed by atoms with van der Waals surface area (Å²) in [7, 11) is 3.86. The summed E-state index contributed by atoms with van der Waals surface area (Å²) in [5.74, 6) is 2.52. The molecule has 1 fully saturated rings. The van der Waals surface area contributed by atoms with Crippen molar-refractivity contribution in [3.63, 3.8) is 0 Å². The zero-order valence-electron chi connectivity index (χ0n) is 13.1. The van der Waals surface area contributed by atoms with Crippen molar-refractivity contribution in [2.45, 2.75) is 19.4 Å². The number of aliphatic hydroxyl groups is 1. The zero-order chi connectivity index (χ0) is 15.7. The maximum Gasteiger partial charge on any atom is 0.149 e. The molecule has 7 nitrogen and oxygen atoms in total. The van der Waals surface area contributed by atoms with Crippen molar-refractivity contribution in [2.24, 2.45) is 5.92 Å². The van der Waals surface area contributed by atoms with E-state index < -0.39 is 6.10 Å². The summed E-state index contributed by atoms with van der Waals surface area (Å²) in [5.41, 5.74) is 0.865. The fraction of sp³-hybridized carbons (Fsp3) is 0.533. The lowest BCUT2D eigenvalue weighted by atomic mass is 10.0. The third-order valence-electron chi connectivity index (χ3n) is 3.94. The van der Waals surface area contributed by atoms with Gasteiger partial charge in [0.2, 0.25) is 0 Å². The van der Waals surface area contributed by atoms with Gasteiger partial charge < -0.3 is 19.4 Å². The second-order valence-corrected chi connectivity index (χ2v) is 6.00. The van der Waals surface area contributed by atoms with Crippen LogP contribution in [0.15, 0.2) is 23.0 Å². The Morgan fingerprint density at radius 3 is 2.86 bits per heavy atom. The number of aryl methyl sites for hydroxylation is 1. The molecule has 1 saturated heterocycles. The van der Waals surface area contributed by atoms with E-state index in [2.05, 4.69) is 20.0 Å². The van der Waals surface area contributed by atoms with Crippen LogP contribution in [-0.4, -0.2) is 53.5 Å². The maximum absolute atomic E-state index is 10.3. The van der Waals surface area contributed by atoms with E-state index in [9.17, 15) is 5.11 Å². The Bertz CT molecular complexity index is 642. The average Bonchev–Trinajstić information content (AvgIpc) is 3.06. The maximum atomic E-state index is 10.3. The van der Waals surface area contributed by atoms with Crippen LogP contribution in [0.25, 0.3) is 0 Å². The molecule has 2 aromatic heterocycles. The van der Waals surface area contributed by atoms with Crippen molar-refractivity contribution < 1.29 is 9.63 Å². The first-order valence-electron chi connectivity index (χ1n) is 7.37. The Balaban J connectivity index is 1.71. The number of hydrogen-bond donors (Lipinski definition) is 1. The van der Waals surface area contributed by atoms with Crippen LogP contribution in [0, 0.1) is 12.8 Å². The van der Waals surface area contributed by atoms with Crippen LogP contribution >= 0.6 is 0 Å². The molecule has 0 aliphatic carbocycles. The number of hydrogen-bond acceptors (Lipinski definition) is 7. The molecule has 3 heterocycles. The fourth-order valence-corrected chi connectivity index (χ4v) is 2.73. The van der Waals surface area contributed by atoms with Crippen LogP contribution in [0.2, 0.25) is 0 Å². The molecular weight excluding hydrogens is 282 g/mol. The Labute approximate surface area is 129 Å².